The largest absolute Gasteiger partial charge is 0.438 e. The molecule has 1 amide bonds. The van der Waals surface area contributed by atoms with Crippen molar-refractivity contribution >= 4 is 32.9 Å². The Morgan fingerprint density at radius 2 is 1.90 bits per heavy atom. The molecular weight excluding hydrogens is 447 g/mol. The fourth-order valence-electron chi connectivity index (χ4n) is 3.99. The molecule has 0 aliphatic carbocycles. The van der Waals surface area contributed by atoms with Gasteiger partial charge in [0.25, 0.3) is 5.91 Å². The van der Waals surface area contributed by atoms with Gasteiger partial charge in [-0.05, 0) is 66.4 Å². The Morgan fingerprint density at radius 1 is 1.07 bits per heavy atom. The Kier molecular flexibility index (Phi) is 4.87. The van der Waals surface area contributed by atoms with Gasteiger partial charge in [0.1, 0.15) is 17.4 Å². The normalized spacial score (nSPS) is 16.3. The lowest BCUT2D eigenvalue weighted by Gasteiger charge is -2.22. The predicted octanol–water partition coefficient (Wildman–Crippen LogP) is 6.37. The second-order valence-corrected chi connectivity index (χ2v) is 8.33. The molecule has 0 saturated carbocycles. The van der Waals surface area contributed by atoms with Crippen LogP contribution in [-0.4, -0.2) is 22.3 Å². The molecule has 1 saturated heterocycles. The average Bonchev–Trinajstić information content (AvgIpc) is 3.39. The lowest BCUT2D eigenvalue weighted by atomic mass is 10.1. The van der Waals surface area contributed by atoms with Gasteiger partial charge < -0.3 is 9.32 Å². The van der Waals surface area contributed by atoms with Gasteiger partial charge in [0.2, 0.25) is 5.89 Å². The zero-order valence-corrected chi connectivity index (χ0v) is 17.6. The fourth-order valence-corrected chi connectivity index (χ4v) is 4.39. The standard InChI is InChI=1S/C24H18BrFN2O2/c25-18-6-1-5-17(12-18)24(29)28-11-3-8-21(28)23-27-20-14-16(9-10-22(20)30-23)15-4-2-7-19(26)13-15/h1-2,4-7,9-10,12-14,21H,3,8,11H2/t21-/m1/s1. The quantitative estimate of drug-likeness (QED) is 0.353. The van der Waals surface area contributed by atoms with Gasteiger partial charge in [-0.15, -0.1) is 0 Å². The summed E-state index contributed by atoms with van der Waals surface area (Å²) in [5.74, 6) is 0.241. The van der Waals surface area contributed by atoms with Crippen LogP contribution in [0.5, 0.6) is 0 Å². The van der Waals surface area contributed by atoms with Crippen molar-refractivity contribution in [3.05, 3.63) is 88.5 Å². The molecule has 1 fully saturated rings. The number of amides is 1. The van der Waals surface area contributed by atoms with Crippen LogP contribution in [0, 0.1) is 5.82 Å². The van der Waals surface area contributed by atoms with E-state index in [1.165, 1.54) is 12.1 Å². The molecule has 0 radical (unpaired) electrons. The number of fused-ring (bicyclic) bond motifs is 1. The van der Waals surface area contributed by atoms with Crippen molar-refractivity contribution in [3.8, 4) is 11.1 Å². The van der Waals surface area contributed by atoms with Crippen molar-refractivity contribution in [3.63, 3.8) is 0 Å². The Hall–Kier alpha value is -2.99. The molecule has 1 aromatic heterocycles. The van der Waals surface area contributed by atoms with Crippen LogP contribution in [0.4, 0.5) is 4.39 Å². The minimum absolute atomic E-state index is 0.0264. The van der Waals surface area contributed by atoms with Crippen LogP contribution in [0.3, 0.4) is 0 Å². The maximum absolute atomic E-state index is 13.6. The molecule has 5 rings (SSSR count). The van der Waals surface area contributed by atoms with Crippen LogP contribution in [0.2, 0.25) is 0 Å². The van der Waals surface area contributed by atoms with E-state index >= 15 is 0 Å². The highest BCUT2D eigenvalue weighted by Gasteiger charge is 2.34. The third-order valence-electron chi connectivity index (χ3n) is 5.43. The maximum atomic E-state index is 13.6. The van der Waals surface area contributed by atoms with Gasteiger partial charge in [-0.2, -0.15) is 0 Å². The number of hydrogen-bond acceptors (Lipinski definition) is 3. The zero-order valence-electron chi connectivity index (χ0n) is 16.0. The molecule has 0 unspecified atom stereocenters. The van der Waals surface area contributed by atoms with E-state index in [9.17, 15) is 9.18 Å². The van der Waals surface area contributed by atoms with E-state index in [-0.39, 0.29) is 17.8 Å². The van der Waals surface area contributed by atoms with Gasteiger partial charge >= 0.3 is 0 Å². The summed E-state index contributed by atoms with van der Waals surface area (Å²) in [7, 11) is 0. The summed E-state index contributed by atoms with van der Waals surface area (Å²) >= 11 is 3.43. The molecule has 1 atom stereocenters. The number of carbonyl (C=O) groups excluding carboxylic acids is 1. The van der Waals surface area contributed by atoms with Crippen molar-refractivity contribution in [1.29, 1.82) is 0 Å². The third-order valence-corrected chi connectivity index (χ3v) is 5.93. The van der Waals surface area contributed by atoms with Crippen molar-refractivity contribution < 1.29 is 13.6 Å². The van der Waals surface area contributed by atoms with Crippen LogP contribution >= 0.6 is 15.9 Å². The highest BCUT2D eigenvalue weighted by atomic mass is 79.9. The molecule has 30 heavy (non-hydrogen) atoms. The minimum atomic E-state index is -0.277. The molecule has 3 aromatic carbocycles. The summed E-state index contributed by atoms with van der Waals surface area (Å²) in [4.78, 5) is 19.6. The molecule has 6 heteroatoms. The summed E-state index contributed by atoms with van der Waals surface area (Å²) in [5, 5.41) is 0. The van der Waals surface area contributed by atoms with Gasteiger partial charge in [-0.25, -0.2) is 9.37 Å². The summed E-state index contributed by atoms with van der Waals surface area (Å²) < 4.78 is 20.5. The summed E-state index contributed by atoms with van der Waals surface area (Å²) in [6, 6.07) is 19.3. The van der Waals surface area contributed by atoms with E-state index in [4.69, 9.17) is 4.42 Å². The first kappa shape index (κ1) is 19.0. The van der Waals surface area contributed by atoms with Crippen LogP contribution in [0.25, 0.3) is 22.2 Å². The van der Waals surface area contributed by atoms with Gasteiger partial charge in [0, 0.05) is 16.6 Å². The molecule has 4 aromatic rings. The molecule has 1 aliphatic rings. The first-order valence-corrected chi connectivity index (χ1v) is 10.6. The third kappa shape index (κ3) is 3.52. The van der Waals surface area contributed by atoms with Crippen LogP contribution in [0.15, 0.2) is 75.6 Å². The van der Waals surface area contributed by atoms with Gasteiger partial charge in [-0.1, -0.05) is 40.2 Å². The topological polar surface area (TPSA) is 46.3 Å². The van der Waals surface area contributed by atoms with Crippen molar-refractivity contribution in [2.45, 2.75) is 18.9 Å². The number of likely N-dealkylation sites (tertiary alicyclic amines) is 1. The van der Waals surface area contributed by atoms with Crippen LogP contribution in [0.1, 0.15) is 35.1 Å². The summed E-state index contributed by atoms with van der Waals surface area (Å²) in [5.41, 5.74) is 3.66. The Labute approximate surface area is 181 Å². The highest BCUT2D eigenvalue weighted by Crippen LogP contribution is 2.35. The second-order valence-electron chi connectivity index (χ2n) is 7.41. The van der Waals surface area contributed by atoms with Crippen molar-refractivity contribution in [1.82, 2.24) is 9.88 Å². The van der Waals surface area contributed by atoms with E-state index < -0.39 is 0 Å². The van der Waals surface area contributed by atoms with Gasteiger partial charge in [-0.3, -0.25) is 4.79 Å². The van der Waals surface area contributed by atoms with Gasteiger partial charge in [0.15, 0.2) is 5.58 Å². The molecule has 1 aliphatic heterocycles. The van der Waals surface area contributed by atoms with Crippen molar-refractivity contribution in [2.75, 3.05) is 6.54 Å². The van der Waals surface area contributed by atoms with Crippen molar-refractivity contribution in [2.24, 2.45) is 0 Å². The molecule has 0 bridgehead atoms. The monoisotopic (exact) mass is 464 g/mol. The minimum Gasteiger partial charge on any atom is -0.438 e. The zero-order chi connectivity index (χ0) is 20.7. The molecule has 150 valence electrons. The molecule has 0 spiro atoms. The number of oxazole rings is 1. The number of halogens is 2. The SMILES string of the molecule is O=C(c1cccc(Br)c1)N1CCC[C@@H]1c1nc2cc(-c3cccc(F)c3)ccc2o1. The van der Waals surface area contributed by atoms with Gasteiger partial charge in [0.05, 0.1) is 0 Å². The predicted molar refractivity (Wildman–Crippen MR) is 117 cm³/mol. The lowest BCUT2D eigenvalue weighted by Crippen LogP contribution is -2.30. The summed E-state index contributed by atoms with van der Waals surface area (Å²) in [6.45, 7) is 0.670. The van der Waals surface area contributed by atoms with Crippen LogP contribution in [-0.2, 0) is 0 Å². The average molecular weight is 465 g/mol. The molecule has 4 nitrogen and oxygen atoms in total. The lowest BCUT2D eigenvalue weighted by molar-refractivity contribution is 0.0717. The Bertz CT molecular complexity index is 1250. The number of nitrogens with zero attached hydrogens (tertiary/aromatic N) is 2. The molecule has 2 heterocycles. The summed E-state index contributed by atoms with van der Waals surface area (Å²) in [6.07, 6.45) is 1.71. The van der Waals surface area contributed by atoms with E-state index in [1.807, 2.05) is 53.4 Å². The number of rotatable bonds is 3. The maximum Gasteiger partial charge on any atom is 0.254 e. The first-order chi connectivity index (χ1) is 14.6. The number of carbonyl (C=O) groups is 1. The number of hydrogen-bond donors (Lipinski definition) is 0. The highest BCUT2D eigenvalue weighted by molar-refractivity contribution is 9.10. The van der Waals surface area contributed by atoms with E-state index in [0.717, 1.165) is 28.4 Å². The molecule has 0 N–H and O–H groups in total. The van der Waals surface area contributed by atoms with Crippen LogP contribution < -0.4 is 0 Å². The smallest absolute Gasteiger partial charge is 0.254 e. The van der Waals surface area contributed by atoms with E-state index in [0.29, 0.717) is 29.1 Å². The first-order valence-electron chi connectivity index (χ1n) is 9.81. The number of aromatic nitrogens is 1. The number of benzene rings is 3. The Morgan fingerprint density at radius 3 is 2.73 bits per heavy atom. The Balaban J connectivity index is 1.47. The van der Waals surface area contributed by atoms with E-state index in [1.54, 1.807) is 6.07 Å². The fraction of sp³-hybridized carbons (Fsp3) is 0.167. The second kappa shape index (κ2) is 7.69. The van der Waals surface area contributed by atoms with E-state index in [2.05, 4.69) is 20.9 Å². The molecular formula is C24H18BrFN2O2.